The molecule has 2 aromatic carbocycles. The first-order chi connectivity index (χ1) is 14.1. The summed E-state index contributed by atoms with van der Waals surface area (Å²) in [5.74, 6) is 0.157. The van der Waals surface area contributed by atoms with Crippen LogP contribution < -0.4 is 5.43 Å². The third kappa shape index (κ3) is 4.01. The molecule has 1 amide bonds. The van der Waals surface area contributed by atoms with Crippen molar-refractivity contribution < 1.29 is 9.21 Å². The number of nitrogens with zero attached hydrogens (tertiary/aromatic N) is 3. The summed E-state index contributed by atoms with van der Waals surface area (Å²) in [6, 6.07) is 21.3. The van der Waals surface area contributed by atoms with Crippen LogP contribution in [0.5, 0.6) is 0 Å². The number of aryl methyl sites for hydroxylation is 2. The van der Waals surface area contributed by atoms with Gasteiger partial charge in [0.05, 0.1) is 23.9 Å². The first-order valence-corrected chi connectivity index (χ1v) is 9.22. The molecule has 4 rings (SSSR count). The summed E-state index contributed by atoms with van der Waals surface area (Å²) in [6.07, 6.45) is 2.98. The third-order valence-corrected chi connectivity index (χ3v) is 4.53. The highest BCUT2D eigenvalue weighted by atomic mass is 16.3. The van der Waals surface area contributed by atoms with Gasteiger partial charge in [-0.1, -0.05) is 48.0 Å². The van der Waals surface area contributed by atoms with E-state index in [2.05, 4.69) is 15.6 Å². The number of nitrogens with one attached hydrogen (secondary N) is 1. The molecule has 6 heteroatoms. The molecule has 2 heterocycles. The summed E-state index contributed by atoms with van der Waals surface area (Å²) >= 11 is 0. The minimum absolute atomic E-state index is 0.278. The zero-order valence-electron chi connectivity index (χ0n) is 16.2. The second-order valence-corrected chi connectivity index (χ2v) is 6.69. The van der Waals surface area contributed by atoms with Crippen molar-refractivity contribution in [2.24, 2.45) is 5.10 Å². The molecule has 0 fully saturated rings. The molecule has 6 nitrogen and oxygen atoms in total. The van der Waals surface area contributed by atoms with Crippen LogP contribution in [0.4, 0.5) is 0 Å². The fourth-order valence-electron chi connectivity index (χ4n) is 2.98. The van der Waals surface area contributed by atoms with Crippen molar-refractivity contribution in [3.63, 3.8) is 0 Å². The predicted octanol–water partition coefficient (Wildman–Crippen LogP) is 4.51. The molecule has 0 spiro atoms. The molecule has 0 saturated carbocycles. The number of para-hydroxylation sites is 1. The summed E-state index contributed by atoms with van der Waals surface area (Å²) < 4.78 is 6.96. The van der Waals surface area contributed by atoms with Gasteiger partial charge in [0.25, 0.3) is 5.91 Å². The van der Waals surface area contributed by atoms with Crippen molar-refractivity contribution in [2.75, 3.05) is 0 Å². The molecule has 29 heavy (non-hydrogen) atoms. The lowest BCUT2D eigenvalue weighted by atomic mass is 10.1. The second kappa shape index (κ2) is 7.98. The van der Waals surface area contributed by atoms with Crippen LogP contribution in [0, 0.1) is 13.8 Å². The van der Waals surface area contributed by atoms with E-state index in [1.165, 1.54) is 11.8 Å². The SMILES string of the molecule is Cc1ccc(-c2cc(C(=O)N/N=C\c3ccco3)nn2-c2ccccc2C)cc1. The van der Waals surface area contributed by atoms with Gasteiger partial charge in [0.15, 0.2) is 5.69 Å². The number of hydrogen-bond acceptors (Lipinski definition) is 4. The molecule has 0 saturated heterocycles. The lowest BCUT2D eigenvalue weighted by Crippen LogP contribution is -2.18. The highest BCUT2D eigenvalue weighted by molar-refractivity contribution is 5.94. The van der Waals surface area contributed by atoms with Gasteiger partial charge in [-0.25, -0.2) is 10.1 Å². The molecule has 0 radical (unpaired) electrons. The predicted molar refractivity (Wildman–Crippen MR) is 112 cm³/mol. The molecule has 0 atom stereocenters. The zero-order chi connectivity index (χ0) is 20.2. The van der Waals surface area contributed by atoms with Crippen LogP contribution in [-0.2, 0) is 0 Å². The summed E-state index contributed by atoms with van der Waals surface area (Å²) in [5.41, 5.74) is 7.73. The standard InChI is InChI=1S/C23H20N4O2/c1-16-9-11-18(12-10-16)22-14-20(23(28)25-24-15-19-7-5-13-29-19)26-27(22)21-8-4-3-6-17(21)2/h3-15H,1-2H3,(H,25,28)/b24-15-. The molecule has 0 unspecified atom stereocenters. The number of hydrazone groups is 1. The topological polar surface area (TPSA) is 72.4 Å². The van der Waals surface area contributed by atoms with Crippen molar-refractivity contribution in [2.45, 2.75) is 13.8 Å². The van der Waals surface area contributed by atoms with Gasteiger partial charge in [-0.2, -0.15) is 10.2 Å². The van der Waals surface area contributed by atoms with E-state index in [4.69, 9.17) is 4.42 Å². The molecule has 144 valence electrons. The van der Waals surface area contributed by atoms with E-state index in [0.29, 0.717) is 5.76 Å². The van der Waals surface area contributed by atoms with Crippen molar-refractivity contribution in [3.05, 3.63) is 95.6 Å². The van der Waals surface area contributed by atoms with Gasteiger partial charge in [-0.15, -0.1) is 0 Å². The first kappa shape index (κ1) is 18.4. The van der Waals surface area contributed by atoms with Gasteiger partial charge in [0, 0.05) is 5.56 Å². The Labute approximate surface area is 168 Å². The Balaban J connectivity index is 1.70. The second-order valence-electron chi connectivity index (χ2n) is 6.69. The van der Waals surface area contributed by atoms with Crippen LogP contribution in [0.2, 0.25) is 0 Å². The number of benzene rings is 2. The van der Waals surface area contributed by atoms with E-state index in [9.17, 15) is 4.79 Å². The number of carbonyl (C=O) groups is 1. The molecule has 1 N–H and O–H groups in total. The van der Waals surface area contributed by atoms with Crippen molar-refractivity contribution in [1.82, 2.24) is 15.2 Å². The summed E-state index contributed by atoms with van der Waals surface area (Å²) in [6.45, 7) is 4.06. The number of aromatic nitrogens is 2. The Morgan fingerprint density at radius 1 is 1.07 bits per heavy atom. The lowest BCUT2D eigenvalue weighted by Gasteiger charge is -2.10. The van der Waals surface area contributed by atoms with Gasteiger partial charge in [0.2, 0.25) is 0 Å². The smallest absolute Gasteiger partial charge is 0.291 e. The van der Waals surface area contributed by atoms with E-state index in [-0.39, 0.29) is 5.69 Å². The van der Waals surface area contributed by atoms with E-state index in [0.717, 1.165) is 22.5 Å². The molecule has 0 aliphatic rings. The fourth-order valence-corrected chi connectivity index (χ4v) is 2.98. The maximum absolute atomic E-state index is 12.6. The molecular formula is C23H20N4O2. The average Bonchev–Trinajstić information content (AvgIpc) is 3.39. The van der Waals surface area contributed by atoms with Crippen LogP contribution in [0.1, 0.15) is 27.4 Å². The molecule has 0 aliphatic heterocycles. The van der Waals surface area contributed by atoms with Gasteiger partial charge in [0.1, 0.15) is 5.76 Å². The fraction of sp³-hybridized carbons (Fsp3) is 0.0870. The molecule has 4 aromatic rings. The minimum Gasteiger partial charge on any atom is -0.463 e. The first-order valence-electron chi connectivity index (χ1n) is 9.22. The van der Waals surface area contributed by atoms with Gasteiger partial charge >= 0.3 is 0 Å². The van der Waals surface area contributed by atoms with E-state index in [1.54, 1.807) is 29.1 Å². The maximum Gasteiger partial charge on any atom is 0.291 e. The number of hydrogen-bond donors (Lipinski definition) is 1. The summed E-state index contributed by atoms with van der Waals surface area (Å²) in [7, 11) is 0. The molecule has 0 aliphatic carbocycles. The van der Waals surface area contributed by atoms with E-state index >= 15 is 0 Å². The van der Waals surface area contributed by atoms with E-state index in [1.807, 2.05) is 62.4 Å². The molecule has 0 bridgehead atoms. The number of amides is 1. The van der Waals surface area contributed by atoms with Gasteiger partial charge < -0.3 is 4.42 Å². The summed E-state index contributed by atoms with van der Waals surface area (Å²) in [4.78, 5) is 12.6. The van der Waals surface area contributed by atoms with Crippen LogP contribution in [0.3, 0.4) is 0 Å². The monoisotopic (exact) mass is 384 g/mol. The van der Waals surface area contributed by atoms with E-state index < -0.39 is 5.91 Å². The Kier molecular flexibility index (Phi) is 5.07. The van der Waals surface area contributed by atoms with Crippen molar-refractivity contribution in [1.29, 1.82) is 0 Å². The third-order valence-electron chi connectivity index (χ3n) is 4.53. The zero-order valence-corrected chi connectivity index (χ0v) is 16.2. The largest absolute Gasteiger partial charge is 0.463 e. The Morgan fingerprint density at radius 2 is 1.86 bits per heavy atom. The number of rotatable bonds is 5. The van der Waals surface area contributed by atoms with Crippen LogP contribution in [-0.4, -0.2) is 21.9 Å². The molecular weight excluding hydrogens is 364 g/mol. The van der Waals surface area contributed by atoms with Crippen molar-refractivity contribution in [3.8, 4) is 16.9 Å². The van der Waals surface area contributed by atoms with Crippen LogP contribution >= 0.6 is 0 Å². The maximum atomic E-state index is 12.6. The van der Waals surface area contributed by atoms with Crippen molar-refractivity contribution >= 4 is 12.1 Å². The Morgan fingerprint density at radius 3 is 2.59 bits per heavy atom. The van der Waals surface area contributed by atoms with Crippen LogP contribution in [0.15, 0.2) is 82.5 Å². The lowest BCUT2D eigenvalue weighted by molar-refractivity contribution is 0.0949. The summed E-state index contributed by atoms with van der Waals surface area (Å²) in [5, 5.41) is 8.50. The Bertz CT molecular complexity index is 1160. The van der Waals surface area contributed by atoms with Gasteiger partial charge in [-0.3, -0.25) is 4.79 Å². The number of furan rings is 1. The normalized spacial score (nSPS) is 11.1. The highest BCUT2D eigenvalue weighted by Gasteiger charge is 2.17. The van der Waals surface area contributed by atoms with Gasteiger partial charge in [-0.05, 0) is 43.7 Å². The quantitative estimate of drug-likeness (QED) is 0.406. The average molecular weight is 384 g/mol. The highest BCUT2D eigenvalue weighted by Crippen LogP contribution is 2.26. The number of carbonyl (C=O) groups excluding carboxylic acids is 1. The Hall–Kier alpha value is -3.93. The molecule has 2 aromatic heterocycles. The minimum atomic E-state index is -0.395. The van der Waals surface area contributed by atoms with Crippen LogP contribution in [0.25, 0.3) is 16.9 Å².